The topological polar surface area (TPSA) is 30.7 Å². The summed E-state index contributed by atoms with van der Waals surface area (Å²) in [6.45, 7) is 4.58. The normalized spacial score (nSPS) is 11.0. The first kappa shape index (κ1) is 16.7. The van der Waals surface area contributed by atoms with Crippen molar-refractivity contribution >= 4 is 11.3 Å². The SMILES string of the molecule is Cc1cc(-c2cc(-c3ccccn3)nn2Cc2ccccc2F)c(C)s1. The molecule has 26 heavy (non-hydrogen) atoms. The Bertz CT molecular complexity index is 1050. The fourth-order valence-corrected chi connectivity index (χ4v) is 4.00. The molecule has 0 aliphatic carbocycles. The van der Waals surface area contributed by atoms with Crippen molar-refractivity contribution in [1.82, 2.24) is 14.8 Å². The maximum Gasteiger partial charge on any atom is 0.128 e. The van der Waals surface area contributed by atoms with E-state index in [1.165, 1.54) is 15.8 Å². The van der Waals surface area contributed by atoms with Gasteiger partial charge in [-0.05, 0) is 44.2 Å². The lowest BCUT2D eigenvalue weighted by molar-refractivity contribution is 0.587. The third-order valence-electron chi connectivity index (χ3n) is 4.30. The number of aryl methyl sites for hydroxylation is 2. The predicted octanol–water partition coefficient (Wildman–Crippen LogP) is 5.48. The first-order valence-corrected chi connectivity index (χ1v) is 9.23. The summed E-state index contributed by atoms with van der Waals surface area (Å²) in [6, 6.07) is 16.8. The zero-order chi connectivity index (χ0) is 18.1. The summed E-state index contributed by atoms with van der Waals surface area (Å²) in [5, 5.41) is 4.74. The maximum atomic E-state index is 14.2. The summed E-state index contributed by atoms with van der Waals surface area (Å²) < 4.78 is 16.0. The fourth-order valence-electron chi connectivity index (χ4n) is 3.07. The van der Waals surface area contributed by atoms with Crippen molar-refractivity contribution in [2.45, 2.75) is 20.4 Å². The lowest BCUT2D eigenvalue weighted by Crippen LogP contribution is -2.05. The Balaban J connectivity index is 1.84. The van der Waals surface area contributed by atoms with Crippen LogP contribution >= 0.6 is 11.3 Å². The minimum absolute atomic E-state index is 0.216. The van der Waals surface area contributed by atoms with Crippen LogP contribution in [0.4, 0.5) is 4.39 Å². The van der Waals surface area contributed by atoms with Gasteiger partial charge in [0.05, 0.1) is 17.9 Å². The molecule has 0 unspecified atom stereocenters. The quantitative estimate of drug-likeness (QED) is 0.481. The van der Waals surface area contributed by atoms with E-state index in [0.29, 0.717) is 12.1 Å². The highest BCUT2D eigenvalue weighted by atomic mass is 32.1. The lowest BCUT2D eigenvalue weighted by Gasteiger charge is -2.08. The number of halogens is 1. The standard InChI is InChI=1S/C21H18FN3S/c1-14-11-17(15(2)26-14)21-12-20(19-9-5-6-10-23-19)24-25(21)13-16-7-3-4-8-18(16)22/h3-12H,13H2,1-2H3. The van der Waals surface area contributed by atoms with Crippen LogP contribution in [0.25, 0.3) is 22.6 Å². The van der Waals surface area contributed by atoms with E-state index < -0.39 is 0 Å². The molecule has 0 saturated carbocycles. The molecule has 0 aliphatic heterocycles. The molecule has 0 amide bonds. The molecule has 0 atom stereocenters. The van der Waals surface area contributed by atoms with Gasteiger partial charge in [-0.3, -0.25) is 9.67 Å². The van der Waals surface area contributed by atoms with Gasteiger partial charge in [0.25, 0.3) is 0 Å². The molecule has 4 rings (SSSR count). The van der Waals surface area contributed by atoms with Crippen LogP contribution in [-0.2, 0) is 6.54 Å². The summed E-state index contributed by atoms with van der Waals surface area (Å²) in [5.41, 5.74) is 4.34. The Hall–Kier alpha value is -2.79. The van der Waals surface area contributed by atoms with E-state index in [9.17, 15) is 4.39 Å². The third-order valence-corrected chi connectivity index (χ3v) is 5.27. The highest BCUT2D eigenvalue weighted by Crippen LogP contribution is 2.33. The minimum Gasteiger partial charge on any atom is -0.260 e. The van der Waals surface area contributed by atoms with Crippen LogP contribution < -0.4 is 0 Å². The number of pyridine rings is 1. The summed E-state index contributed by atoms with van der Waals surface area (Å²) in [7, 11) is 0. The number of nitrogens with zero attached hydrogens (tertiary/aromatic N) is 3. The van der Waals surface area contributed by atoms with Crippen molar-refractivity contribution in [3.05, 3.63) is 81.9 Å². The molecular weight excluding hydrogens is 345 g/mol. The van der Waals surface area contributed by atoms with E-state index in [0.717, 1.165) is 22.6 Å². The Labute approximate surface area is 155 Å². The molecule has 0 radical (unpaired) electrons. The number of rotatable bonds is 4. The largest absolute Gasteiger partial charge is 0.260 e. The van der Waals surface area contributed by atoms with Crippen molar-refractivity contribution < 1.29 is 4.39 Å². The third kappa shape index (κ3) is 3.18. The van der Waals surface area contributed by atoms with Gasteiger partial charge in [0, 0.05) is 27.1 Å². The zero-order valence-corrected chi connectivity index (χ0v) is 15.4. The molecule has 4 aromatic rings. The molecule has 0 fully saturated rings. The summed E-state index contributed by atoms with van der Waals surface area (Å²) >= 11 is 1.76. The molecule has 5 heteroatoms. The maximum absolute atomic E-state index is 14.2. The second-order valence-corrected chi connectivity index (χ2v) is 7.67. The van der Waals surface area contributed by atoms with Crippen LogP contribution in [0.15, 0.2) is 60.8 Å². The van der Waals surface area contributed by atoms with Crippen LogP contribution in [0.2, 0.25) is 0 Å². The van der Waals surface area contributed by atoms with Gasteiger partial charge >= 0.3 is 0 Å². The van der Waals surface area contributed by atoms with E-state index in [1.54, 1.807) is 29.7 Å². The van der Waals surface area contributed by atoms with Crippen LogP contribution in [0.1, 0.15) is 15.3 Å². The molecule has 3 heterocycles. The number of aromatic nitrogens is 3. The van der Waals surface area contributed by atoms with E-state index in [1.807, 2.05) is 35.0 Å². The van der Waals surface area contributed by atoms with Gasteiger partial charge < -0.3 is 0 Å². The van der Waals surface area contributed by atoms with Gasteiger partial charge in [-0.15, -0.1) is 11.3 Å². The number of hydrogen-bond acceptors (Lipinski definition) is 3. The van der Waals surface area contributed by atoms with Gasteiger partial charge in [0.1, 0.15) is 11.5 Å². The fraction of sp³-hybridized carbons (Fsp3) is 0.143. The van der Waals surface area contributed by atoms with E-state index in [-0.39, 0.29) is 5.82 Å². The highest BCUT2D eigenvalue weighted by Gasteiger charge is 2.16. The van der Waals surface area contributed by atoms with E-state index in [4.69, 9.17) is 5.10 Å². The van der Waals surface area contributed by atoms with Crippen molar-refractivity contribution in [1.29, 1.82) is 0 Å². The first-order chi connectivity index (χ1) is 12.6. The summed E-state index contributed by atoms with van der Waals surface area (Å²) in [6.07, 6.45) is 1.75. The van der Waals surface area contributed by atoms with E-state index in [2.05, 4.69) is 24.9 Å². The minimum atomic E-state index is -0.216. The van der Waals surface area contributed by atoms with Gasteiger partial charge in [0.15, 0.2) is 0 Å². The molecule has 0 saturated heterocycles. The van der Waals surface area contributed by atoms with Crippen molar-refractivity contribution in [2.24, 2.45) is 0 Å². The first-order valence-electron chi connectivity index (χ1n) is 8.42. The lowest BCUT2D eigenvalue weighted by atomic mass is 10.1. The average molecular weight is 363 g/mol. The molecule has 0 N–H and O–H groups in total. The van der Waals surface area contributed by atoms with Gasteiger partial charge in [0.2, 0.25) is 0 Å². The second-order valence-electron chi connectivity index (χ2n) is 6.21. The summed E-state index contributed by atoms with van der Waals surface area (Å²) in [5.74, 6) is -0.216. The van der Waals surface area contributed by atoms with Crippen LogP contribution in [-0.4, -0.2) is 14.8 Å². The Morgan fingerprint density at radius 1 is 1.00 bits per heavy atom. The van der Waals surface area contributed by atoms with Gasteiger partial charge in [-0.2, -0.15) is 5.10 Å². The number of benzene rings is 1. The molecule has 0 bridgehead atoms. The van der Waals surface area contributed by atoms with Crippen LogP contribution in [0.5, 0.6) is 0 Å². The molecule has 0 aliphatic rings. The monoisotopic (exact) mass is 363 g/mol. The highest BCUT2D eigenvalue weighted by molar-refractivity contribution is 7.12. The van der Waals surface area contributed by atoms with Crippen molar-refractivity contribution in [2.75, 3.05) is 0 Å². The zero-order valence-electron chi connectivity index (χ0n) is 14.6. The Kier molecular flexibility index (Phi) is 4.39. The number of thiophene rings is 1. The molecule has 3 aromatic heterocycles. The van der Waals surface area contributed by atoms with Crippen molar-refractivity contribution in [3.8, 4) is 22.6 Å². The van der Waals surface area contributed by atoms with E-state index >= 15 is 0 Å². The Morgan fingerprint density at radius 3 is 2.50 bits per heavy atom. The average Bonchev–Trinajstić information content (AvgIpc) is 3.20. The molecule has 0 spiro atoms. The molecule has 1 aromatic carbocycles. The van der Waals surface area contributed by atoms with Crippen molar-refractivity contribution in [3.63, 3.8) is 0 Å². The molecular formula is C21H18FN3S. The number of hydrogen-bond donors (Lipinski definition) is 0. The summed E-state index contributed by atoms with van der Waals surface area (Å²) in [4.78, 5) is 6.87. The van der Waals surface area contributed by atoms with Gasteiger partial charge in [-0.25, -0.2) is 4.39 Å². The predicted molar refractivity (Wildman–Crippen MR) is 104 cm³/mol. The molecule has 3 nitrogen and oxygen atoms in total. The smallest absolute Gasteiger partial charge is 0.128 e. The van der Waals surface area contributed by atoms with Crippen LogP contribution in [0.3, 0.4) is 0 Å². The molecule has 130 valence electrons. The van der Waals surface area contributed by atoms with Crippen LogP contribution in [0, 0.1) is 19.7 Å². The van der Waals surface area contributed by atoms with Gasteiger partial charge in [-0.1, -0.05) is 24.3 Å². The second kappa shape index (κ2) is 6.84. The Morgan fingerprint density at radius 2 is 1.81 bits per heavy atom.